The lowest BCUT2D eigenvalue weighted by Gasteiger charge is -2.21. The van der Waals surface area contributed by atoms with Crippen molar-refractivity contribution >= 4 is 33.7 Å². The van der Waals surface area contributed by atoms with Crippen molar-refractivity contribution < 1.29 is 4.79 Å². The molecule has 4 aromatic rings. The number of hydrazone groups is 1. The van der Waals surface area contributed by atoms with Crippen LogP contribution in [0.1, 0.15) is 23.6 Å². The van der Waals surface area contributed by atoms with Gasteiger partial charge in [0, 0.05) is 23.6 Å². The molecule has 5 rings (SSSR count). The van der Waals surface area contributed by atoms with Crippen molar-refractivity contribution in [1.29, 1.82) is 5.41 Å². The highest BCUT2D eigenvalue weighted by molar-refractivity contribution is 7.06. The number of carbonyl (C=O) groups excluding carboxylic acids is 1. The largest absolute Gasteiger partial charge is 0.315 e. The average molecular weight is 411 g/mol. The monoisotopic (exact) mass is 410 g/mol. The predicted octanol–water partition coefficient (Wildman–Crippen LogP) is 4.16. The van der Waals surface area contributed by atoms with Crippen molar-refractivity contribution in [3.05, 3.63) is 100 Å². The van der Waals surface area contributed by atoms with E-state index in [0.29, 0.717) is 11.2 Å². The smallest absolute Gasteiger partial charge is 0.263 e. The third-order valence-electron chi connectivity index (χ3n) is 5.27. The summed E-state index contributed by atoms with van der Waals surface area (Å²) in [4.78, 5) is 13.5. The molecule has 6 heteroatoms. The molecule has 1 aliphatic heterocycles. The minimum absolute atomic E-state index is 0.0872. The fourth-order valence-electron chi connectivity index (χ4n) is 3.73. The van der Waals surface area contributed by atoms with Crippen molar-refractivity contribution in [2.75, 3.05) is 0 Å². The molecule has 1 aromatic heterocycles. The normalized spacial score (nSPS) is 15.8. The van der Waals surface area contributed by atoms with E-state index in [1.54, 1.807) is 27.2 Å². The Morgan fingerprint density at radius 3 is 2.80 bits per heavy atom. The third kappa shape index (κ3) is 3.40. The number of carbonyl (C=O) groups is 1. The summed E-state index contributed by atoms with van der Waals surface area (Å²) in [5.74, 6) is -0.148. The summed E-state index contributed by atoms with van der Waals surface area (Å²) in [6.45, 7) is 0.0872. The van der Waals surface area contributed by atoms with Gasteiger partial charge >= 0.3 is 0 Å². The number of rotatable bonds is 4. The molecule has 0 radical (unpaired) electrons. The SMILES string of the molecule is N=c1sccn1CC(=O)N1N=C(c2ccc3ccccc3c2)CC1c1c#cccc1. The number of nitrogens with one attached hydrogen (secondary N) is 1. The number of aromatic nitrogens is 1. The number of thiazole rings is 1. The van der Waals surface area contributed by atoms with Crippen LogP contribution in [0.15, 0.2) is 77.3 Å². The van der Waals surface area contributed by atoms with Crippen molar-refractivity contribution in [3.63, 3.8) is 0 Å². The van der Waals surface area contributed by atoms with E-state index in [0.717, 1.165) is 22.2 Å². The van der Waals surface area contributed by atoms with E-state index in [2.05, 4.69) is 42.5 Å². The van der Waals surface area contributed by atoms with Gasteiger partial charge in [0.15, 0.2) is 4.80 Å². The van der Waals surface area contributed by atoms with Crippen LogP contribution < -0.4 is 4.80 Å². The van der Waals surface area contributed by atoms with Gasteiger partial charge in [0.2, 0.25) is 0 Å². The van der Waals surface area contributed by atoms with Crippen LogP contribution in [-0.4, -0.2) is 21.2 Å². The Kier molecular flexibility index (Phi) is 4.66. The first-order chi connectivity index (χ1) is 14.7. The molecule has 2 heterocycles. The second-order valence-electron chi connectivity index (χ2n) is 7.15. The van der Waals surface area contributed by atoms with Crippen LogP contribution in [0.3, 0.4) is 0 Å². The highest BCUT2D eigenvalue weighted by atomic mass is 32.1. The van der Waals surface area contributed by atoms with E-state index < -0.39 is 0 Å². The standard InChI is InChI=1S/C24H18N4OS/c25-24-27(12-13-30-24)16-23(29)28-22(18-7-2-1-3-8-18)15-21(26-28)20-11-10-17-6-4-5-9-19(17)14-20/h1-2,4-7,9-14,22,25H,15-16H2. The Morgan fingerprint density at radius 2 is 2.03 bits per heavy atom. The van der Waals surface area contributed by atoms with Gasteiger partial charge in [-0.1, -0.05) is 54.6 Å². The molecular formula is C24H18N4OS. The molecule has 30 heavy (non-hydrogen) atoms. The second kappa shape index (κ2) is 7.62. The van der Waals surface area contributed by atoms with E-state index in [9.17, 15) is 4.79 Å². The zero-order valence-electron chi connectivity index (χ0n) is 16.1. The van der Waals surface area contributed by atoms with Gasteiger partial charge in [-0.05, 0) is 34.5 Å². The van der Waals surface area contributed by atoms with Gasteiger partial charge < -0.3 is 4.57 Å². The van der Waals surface area contributed by atoms with Crippen LogP contribution in [0.5, 0.6) is 0 Å². The van der Waals surface area contributed by atoms with Gasteiger partial charge in [0.1, 0.15) is 6.54 Å². The van der Waals surface area contributed by atoms with E-state index >= 15 is 0 Å². The van der Waals surface area contributed by atoms with Gasteiger partial charge in [-0.2, -0.15) is 5.10 Å². The third-order valence-corrected chi connectivity index (χ3v) is 5.98. The van der Waals surface area contributed by atoms with Gasteiger partial charge in [-0.25, -0.2) is 5.01 Å². The molecule has 1 unspecified atom stereocenters. The number of amides is 1. The number of fused-ring (bicyclic) bond motifs is 1. The molecule has 1 atom stereocenters. The fraction of sp³-hybridized carbons (Fsp3) is 0.125. The maximum absolute atomic E-state index is 13.1. The topological polar surface area (TPSA) is 61.5 Å². The summed E-state index contributed by atoms with van der Waals surface area (Å²) < 4.78 is 1.63. The summed E-state index contributed by atoms with van der Waals surface area (Å²) >= 11 is 1.30. The first kappa shape index (κ1) is 18.3. The van der Waals surface area contributed by atoms with Crippen LogP contribution in [0.4, 0.5) is 0 Å². The lowest BCUT2D eigenvalue weighted by Crippen LogP contribution is -2.32. The van der Waals surface area contributed by atoms with Gasteiger partial charge in [0.05, 0.1) is 11.8 Å². The molecule has 0 spiro atoms. The zero-order valence-corrected chi connectivity index (χ0v) is 16.9. The van der Waals surface area contributed by atoms with Gasteiger partial charge in [-0.3, -0.25) is 10.2 Å². The molecule has 0 bridgehead atoms. The first-order valence-corrected chi connectivity index (χ1v) is 10.5. The van der Waals surface area contributed by atoms with Crippen LogP contribution in [0, 0.1) is 17.5 Å². The Morgan fingerprint density at radius 1 is 1.17 bits per heavy atom. The van der Waals surface area contributed by atoms with E-state index in [4.69, 9.17) is 10.5 Å². The van der Waals surface area contributed by atoms with Crippen molar-refractivity contribution in [1.82, 2.24) is 9.58 Å². The minimum atomic E-state index is -0.232. The quantitative estimate of drug-likeness (QED) is 0.540. The Bertz CT molecular complexity index is 1310. The molecule has 1 amide bonds. The molecule has 1 N–H and O–H groups in total. The highest BCUT2D eigenvalue weighted by Crippen LogP contribution is 2.32. The van der Waals surface area contributed by atoms with Crippen LogP contribution in [-0.2, 0) is 11.3 Å². The molecule has 3 aromatic carbocycles. The molecule has 146 valence electrons. The number of hydrogen-bond acceptors (Lipinski definition) is 4. The van der Waals surface area contributed by atoms with Gasteiger partial charge in [-0.15, -0.1) is 11.3 Å². The zero-order chi connectivity index (χ0) is 20.5. The van der Waals surface area contributed by atoms with Gasteiger partial charge in [0.25, 0.3) is 5.91 Å². The van der Waals surface area contributed by atoms with Crippen LogP contribution in [0.25, 0.3) is 10.8 Å². The lowest BCUT2D eigenvalue weighted by molar-refractivity contribution is -0.133. The fourth-order valence-corrected chi connectivity index (χ4v) is 4.33. The van der Waals surface area contributed by atoms with Crippen molar-refractivity contribution in [2.45, 2.75) is 19.0 Å². The number of hydrogen-bond donors (Lipinski definition) is 1. The molecule has 0 aliphatic carbocycles. The maximum Gasteiger partial charge on any atom is 0.263 e. The number of nitrogens with zero attached hydrogens (tertiary/aromatic N) is 3. The number of benzene rings is 2. The Hall–Kier alpha value is -3.69. The molecule has 1 aliphatic rings. The Balaban J connectivity index is 1.51. The summed E-state index contributed by atoms with van der Waals surface area (Å²) in [5.41, 5.74) is 2.77. The van der Waals surface area contributed by atoms with E-state index in [-0.39, 0.29) is 18.5 Å². The summed E-state index contributed by atoms with van der Waals surface area (Å²) in [6, 6.07) is 26.0. The predicted molar refractivity (Wildman–Crippen MR) is 117 cm³/mol. The summed E-state index contributed by atoms with van der Waals surface area (Å²) in [6.07, 6.45) is 2.37. The highest BCUT2D eigenvalue weighted by Gasteiger charge is 2.33. The van der Waals surface area contributed by atoms with E-state index in [1.807, 2.05) is 24.3 Å². The average Bonchev–Trinajstić information content (AvgIpc) is 3.41. The summed E-state index contributed by atoms with van der Waals surface area (Å²) in [7, 11) is 0. The second-order valence-corrected chi connectivity index (χ2v) is 8.05. The Labute approximate surface area is 178 Å². The first-order valence-electron chi connectivity index (χ1n) is 9.64. The molecular weight excluding hydrogens is 392 g/mol. The molecule has 0 saturated carbocycles. The lowest BCUT2D eigenvalue weighted by atomic mass is 9.97. The van der Waals surface area contributed by atoms with Crippen LogP contribution in [0.2, 0.25) is 0 Å². The minimum Gasteiger partial charge on any atom is -0.315 e. The molecule has 0 saturated heterocycles. The van der Waals surface area contributed by atoms with E-state index in [1.165, 1.54) is 16.7 Å². The van der Waals surface area contributed by atoms with Crippen molar-refractivity contribution in [2.24, 2.45) is 5.10 Å². The van der Waals surface area contributed by atoms with Crippen molar-refractivity contribution in [3.8, 4) is 0 Å². The van der Waals surface area contributed by atoms with Crippen LogP contribution >= 0.6 is 11.3 Å². The molecule has 0 fully saturated rings. The molecule has 5 nitrogen and oxygen atoms in total. The summed E-state index contributed by atoms with van der Waals surface area (Å²) in [5, 5.41) is 18.3. The maximum atomic E-state index is 13.1.